The predicted molar refractivity (Wildman–Crippen MR) is 114 cm³/mol. The zero-order chi connectivity index (χ0) is 20.6. The number of aliphatic hydroxyl groups is 1. The lowest BCUT2D eigenvalue weighted by Gasteiger charge is -2.14. The minimum atomic E-state index is -0.0905. The molecular weight excluding hydrogens is 364 g/mol. The van der Waals surface area contributed by atoms with Crippen molar-refractivity contribution in [2.75, 3.05) is 20.6 Å². The van der Waals surface area contributed by atoms with E-state index in [-0.39, 0.29) is 12.5 Å². The zero-order valence-corrected chi connectivity index (χ0v) is 17.0. The van der Waals surface area contributed by atoms with Crippen LogP contribution < -0.4 is 5.32 Å². The fraction of sp³-hybridized carbons (Fsp3) is 0.304. The molecule has 2 N–H and O–H groups in total. The molecule has 0 atom stereocenters. The Bertz CT molecular complexity index is 936. The number of amides is 1. The van der Waals surface area contributed by atoms with Crippen LogP contribution in [-0.2, 0) is 19.7 Å². The van der Waals surface area contributed by atoms with Gasteiger partial charge in [0.15, 0.2) is 0 Å². The van der Waals surface area contributed by atoms with Crippen LogP contribution in [0.3, 0.4) is 0 Å². The molecule has 0 saturated carbocycles. The largest absolute Gasteiger partial charge is 0.392 e. The van der Waals surface area contributed by atoms with Crippen LogP contribution in [0.15, 0.2) is 61.2 Å². The molecule has 0 saturated heterocycles. The van der Waals surface area contributed by atoms with Gasteiger partial charge in [0.2, 0.25) is 0 Å². The van der Waals surface area contributed by atoms with E-state index >= 15 is 0 Å². The molecule has 0 radical (unpaired) electrons. The maximum Gasteiger partial charge on any atom is 0.251 e. The van der Waals surface area contributed by atoms with Gasteiger partial charge in [-0.1, -0.05) is 30.3 Å². The van der Waals surface area contributed by atoms with Gasteiger partial charge in [-0.3, -0.25) is 4.79 Å². The van der Waals surface area contributed by atoms with Gasteiger partial charge in [-0.2, -0.15) is 0 Å². The molecule has 3 aromatic rings. The van der Waals surface area contributed by atoms with E-state index in [0.29, 0.717) is 12.1 Å². The molecule has 152 valence electrons. The Balaban J connectivity index is 1.67. The summed E-state index contributed by atoms with van der Waals surface area (Å²) in [4.78, 5) is 18.6. The Morgan fingerprint density at radius 2 is 2.07 bits per heavy atom. The summed E-state index contributed by atoms with van der Waals surface area (Å²) in [5.41, 5.74) is 4.50. The average molecular weight is 393 g/mol. The lowest BCUT2D eigenvalue weighted by Crippen LogP contribution is -2.25. The number of aromatic nitrogens is 2. The molecule has 1 heterocycles. The molecule has 1 amide bonds. The van der Waals surface area contributed by atoms with Gasteiger partial charge >= 0.3 is 0 Å². The van der Waals surface area contributed by atoms with E-state index in [0.717, 1.165) is 41.8 Å². The zero-order valence-electron chi connectivity index (χ0n) is 17.0. The second-order valence-corrected chi connectivity index (χ2v) is 7.38. The van der Waals surface area contributed by atoms with Crippen LogP contribution in [0.1, 0.15) is 27.9 Å². The summed E-state index contributed by atoms with van der Waals surface area (Å²) < 4.78 is 1.99. The van der Waals surface area contributed by atoms with Crippen LogP contribution in [0.4, 0.5) is 0 Å². The number of aliphatic hydroxyl groups excluding tert-OH is 1. The molecule has 0 unspecified atom stereocenters. The molecule has 1 aromatic heterocycles. The summed E-state index contributed by atoms with van der Waals surface area (Å²) in [5, 5.41) is 12.8. The van der Waals surface area contributed by atoms with E-state index in [2.05, 4.69) is 21.3 Å². The number of rotatable bonds is 9. The normalized spacial score (nSPS) is 11.0. The van der Waals surface area contributed by atoms with Crippen molar-refractivity contribution < 1.29 is 9.90 Å². The highest BCUT2D eigenvalue weighted by molar-refractivity contribution is 5.95. The van der Waals surface area contributed by atoms with Crippen molar-refractivity contribution in [3.05, 3.63) is 77.9 Å². The third-order valence-corrected chi connectivity index (χ3v) is 4.71. The number of hydrogen-bond acceptors (Lipinski definition) is 4. The monoisotopic (exact) mass is 392 g/mol. The Hall–Kier alpha value is -2.96. The maximum absolute atomic E-state index is 12.5. The van der Waals surface area contributed by atoms with Crippen molar-refractivity contribution in [2.45, 2.75) is 26.1 Å². The van der Waals surface area contributed by atoms with Crippen molar-refractivity contribution in [2.24, 2.45) is 0 Å². The first-order valence-corrected chi connectivity index (χ1v) is 9.78. The highest BCUT2D eigenvalue weighted by Crippen LogP contribution is 2.26. The average Bonchev–Trinajstić information content (AvgIpc) is 3.24. The molecule has 0 aliphatic rings. The smallest absolute Gasteiger partial charge is 0.251 e. The van der Waals surface area contributed by atoms with E-state index in [1.54, 1.807) is 12.5 Å². The third kappa shape index (κ3) is 5.76. The van der Waals surface area contributed by atoms with Gasteiger partial charge in [0.25, 0.3) is 5.91 Å². The van der Waals surface area contributed by atoms with Gasteiger partial charge in [-0.25, -0.2) is 4.98 Å². The summed E-state index contributed by atoms with van der Waals surface area (Å²) in [6, 6.07) is 13.7. The number of imidazole rings is 1. The third-order valence-electron chi connectivity index (χ3n) is 4.71. The van der Waals surface area contributed by atoms with Gasteiger partial charge in [0.1, 0.15) is 0 Å². The van der Waals surface area contributed by atoms with E-state index < -0.39 is 0 Å². The Labute approximate surface area is 171 Å². The molecule has 6 heteroatoms. The Morgan fingerprint density at radius 1 is 1.21 bits per heavy atom. The minimum Gasteiger partial charge on any atom is -0.392 e. The fourth-order valence-corrected chi connectivity index (χ4v) is 3.34. The lowest BCUT2D eigenvalue weighted by molar-refractivity contribution is 0.0952. The predicted octanol–water partition coefficient (Wildman–Crippen LogP) is 2.92. The molecule has 2 aromatic carbocycles. The highest BCUT2D eigenvalue weighted by atomic mass is 16.3. The Morgan fingerprint density at radius 3 is 2.79 bits per heavy atom. The van der Waals surface area contributed by atoms with Gasteiger partial charge in [-0.05, 0) is 54.9 Å². The van der Waals surface area contributed by atoms with Crippen LogP contribution in [0.2, 0.25) is 0 Å². The van der Waals surface area contributed by atoms with Crippen molar-refractivity contribution in [1.29, 1.82) is 0 Å². The van der Waals surface area contributed by atoms with Crippen LogP contribution in [-0.4, -0.2) is 46.1 Å². The van der Waals surface area contributed by atoms with E-state index in [9.17, 15) is 9.90 Å². The molecule has 0 spiro atoms. The maximum atomic E-state index is 12.5. The number of nitrogens with one attached hydrogen (secondary N) is 1. The minimum absolute atomic E-state index is 0.0404. The molecule has 0 aliphatic carbocycles. The summed E-state index contributed by atoms with van der Waals surface area (Å²) >= 11 is 0. The topological polar surface area (TPSA) is 70.4 Å². The second kappa shape index (κ2) is 10.0. The van der Waals surface area contributed by atoms with Gasteiger partial charge in [0.05, 0.1) is 12.9 Å². The first kappa shape index (κ1) is 20.8. The summed E-state index contributed by atoms with van der Waals surface area (Å²) in [7, 11) is 4.04. The first-order valence-electron chi connectivity index (χ1n) is 9.78. The highest BCUT2D eigenvalue weighted by Gasteiger charge is 2.10. The molecule has 0 fully saturated rings. The number of nitrogens with zero attached hydrogens (tertiary/aromatic N) is 3. The van der Waals surface area contributed by atoms with Gasteiger partial charge in [-0.15, -0.1) is 0 Å². The van der Waals surface area contributed by atoms with E-state index in [4.69, 9.17) is 0 Å². The molecule has 0 bridgehead atoms. The standard InChI is InChI=1S/C23H28N4O2/c1-26(2)15-18-7-8-22(21(13-18)16-28)19-5-3-6-20(14-19)23(29)25-9-4-11-27-12-10-24-17-27/h3,5-8,10,12-14,17,28H,4,9,11,15-16H2,1-2H3,(H,25,29). The molecule has 29 heavy (non-hydrogen) atoms. The number of carbonyl (C=O) groups excluding carboxylic acids is 1. The van der Waals surface area contributed by atoms with Crippen molar-refractivity contribution >= 4 is 5.91 Å². The quantitative estimate of drug-likeness (QED) is 0.550. The number of hydrogen-bond donors (Lipinski definition) is 2. The van der Waals surface area contributed by atoms with Crippen molar-refractivity contribution in [3.8, 4) is 11.1 Å². The summed E-state index contributed by atoms with van der Waals surface area (Å²) in [5.74, 6) is -0.0905. The van der Waals surface area contributed by atoms with Gasteiger partial charge < -0.3 is 19.9 Å². The molecular formula is C23H28N4O2. The first-order chi connectivity index (χ1) is 14.1. The van der Waals surface area contributed by atoms with Crippen LogP contribution >= 0.6 is 0 Å². The van der Waals surface area contributed by atoms with Crippen LogP contribution in [0.25, 0.3) is 11.1 Å². The van der Waals surface area contributed by atoms with Gasteiger partial charge in [0, 0.05) is 37.6 Å². The summed E-state index contributed by atoms with van der Waals surface area (Å²) in [6.45, 7) is 2.19. The number of benzene rings is 2. The van der Waals surface area contributed by atoms with Crippen molar-refractivity contribution in [3.63, 3.8) is 0 Å². The van der Waals surface area contributed by atoms with Crippen LogP contribution in [0.5, 0.6) is 0 Å². The second-order valence-electron chi connectivity index (χ2n) is 7.38. The lowest BCUT2D eigenvalue weighted by atomic mass is 9.96. The number of carbonyl (C=O) groups is 1. The van der Waals surface area contributed by atoms with E-state index in [1.165, 1.54) is 0 Å². The van der Waals surface area contributed by atoms with Crippen molar-refractivity contribution in [1.82, 2.24) is 19.8 Å². The van der Waals surface area contributed by atoms with E-state index in [1.807, 2.05) is 61.3 Å². The fourth-order valence-electron chi connectivity index (χ4n) is 3.34. The molecule has 3 rings (SSSR count). The Kier molecular flexibility index (Phi) is 7.16. The SMILES string of the molecule is CN(C)Cc1ccc(-c2cccc(C(=O)NCCCn3ccnc3)c2)c(CO)c1. The molecule has 0 aliphatic heterocycles. The van der Waals surface area contributed by atoms with Crippen LogP contribution in [0, 0.1) is 0 Å². The summed E-state index contributed by atoms with van der Waals surface area (Å²) in [6.07, 6.45) is 6.27. The molecule has 6 nitrogen and oxygen atoms in total. The number of aryl methyl sites for hydroxylation is 1.